The van der Waals surface area contributed by atoms with E-state index in [9.17, 15) is 14.7 Å². The average molecular weight is 566 g/mol. The molecule has 7 heteroatoms. The lowest BCUT2D eigenvalue weighted by molar-refractivity contribution is 0.0697. The molecule has 0 radical (unpaired) electrons. The van der Waals surface area contributed by atoms with Crippen molar-refractivity contribution in [2.75, 3.05) is 0 Å². The number of aromatic amines is 1. The molecule has 208 valence electrons. The van der Waals surface area contributed by atoms with Crippen molar-refractivity contribution in [1.82, 2.24) is 15.3 Å². The molecule has 5 rings (SSSR count). The second-order valence-corrected chi connectivity index (χ2v) is 10.9. The summed E-state index contributed by atoms with van der Waals surface area (Å²) < 4.78 is 0. The molecular formula is C34H32ClN3O3. The van der Waals surface area contributed by atoms with Crippen molar-refractivity contribution in [3.8, 4) is 22.5 Å². The quantitative estimate of drug-likeness (QED) is 0.167. The van der Waals surface area contributed by atoms with Crippen molar-refractivity contribution in [3.63, 3.8) is 0 Å². The largest absolute Gasteiger partial charge is 0.478 e. The van der Waals surface area contributed by atoms with Crippen LogP contribution in [0.2, 0.25) is 5.02 Å². The van der Waals surface area contributed by atoms with E-state index in [1.807, 2.05) is 42.5 Å². The molecule has 5 aromatic rings. The van der Waals surface area contributed by atoms with Gasteiger partial charge in [-0.1, -0.05) is 81.3 Å². The number of nitrogens with zero attached hydrogens (tertiary/aromatic N) is 1. The summed E-state index contributed by atoms with van der Waals surface area (Å²) in [6.07, 6.45) is 1.65. The van der Waals surface area contributed by atoms with E-state index >= 15 is 0 Å². The molecular weight excluding hydrogens is 534 g/mol. The van der Waals surface area contributed by atoms with Gasteiger partial charge in [0.1, 0.15) is 5.82 Å². The number of fused-ring (bicyclic) bond motifs is 1. The molecule has 0 aliphatic heterocycles. The Kier molecular flexibility index (Phi) is 8.22. The number of carboxylic acid groups (broad SMARTS) is 1. The predicted octanol–water partition coefficient (Wildman–Crippen LogP) is 8.64. The second-order valence-electron chi connectivity index (χ2n) is 10.5. The number of aromatic nitrogens is 2. The summed E-state index contributed by atoms with van der Waals surface area (Å²) in [6, 6.07) is 25.8. The van der Waals surface area contributed by atoms with Crippen LogP contribution in [0.25, 0.3) is 33.5 Å². The fourth-order valence-corrected chi connectivity index (χ4v) is 5.27. The van der Waals surface area contributed by atoms with Crippen LogP contribution in [-0.4, -0.2) is 27.0 Å². The van der Waals surface area contributed by atoms with Gasteiger partial charge in [-0.2, -0.15) is 0 Å². The number of rotatable bonds is 9. The average Bonchev–Trinajstić information content (AvgIpc) is 3.40. The van der Waals surface area contributed by atoms with Crippen LogP contribution in [0.4, 0.5) is 0 Å². The van der Waals surface area contributed by atoms with Crippen molar-refractivity contribution in [2.24, 2.45) is 0 Å². The summed E-state index contributed by atoms with van der Waals surface area (Å²) in [6.45, 7) is 6.34. The monoisotopic (exact) mass is 565 g/mol. The maximum absolute atomic E-state index is 13.3. The lowest BCUT2D eigenvalue weighted by Crippen LogP contribution is -2.28. The molecule has 1 aromatic heterocycles. The van der Waals surface area contributed by atoms with Gasteiger partial charge in [-0.05, 0) is 77.1 Å². The van der Waals surface area contributed by atoms with E-state index in [2.05, 4.69) is 43.2 Å². The first-order valence-electron chi connectivity index (χ1n) is 13.8. The van der Waals surface area contributed by atoms with Crippen LogP contribution in [0.15, 0.2) is 84.9 Å². The summed E-state index contributed by atoms with van der Waals surface area (Å²) in [4.78, 5) is 34.0. The molecule has 0 bridgehead atoms. The number of halogens is 1. The highest BCUT2D eigenvalue weighted by atomic mass is 35.5. The Morgan fingerprint density at radius 3 is 2.37 bits per heavy atom. The minimum atomic E-state index is -1.14. The standard InChI is InChI=1S/C34H32ClN3O3/c1-4-8-29(21-9-6-5-7-10-21)38-33(39)23-11-14-25(28(17-23)34(40)41)27-19-24(35)13-15-26(27)32-36-30-16-12-22(20(2)3)18-31(30)37-32/h5-7,9-20,29H,4,8H2,1-3H3,(H,36,37)(H,38,39)(H,40,41). The van der Waals surface area contributed by atoms with E-state index in [1.165, 1.54) is 11.6 Å². The van der Waals surface area contributed by atoms with Crippen LogP contribution in [0.5, 0.6) is 0 Å². The zero-order valence-electron chi connectivity index (χ0n) is 23.2. The molecule has 1 unspecified atom stereocenters. The van der Waals surface area contributed by atoms with E-state index in [-0.39, 0.29) is 23.1 Å². The van der Waals surface area contributed by atoms with Gasteiger partial charge in [-0.25, -0.2) is 9.78 Å². The van der Waals surface area contributed by atoms with Gasteiger partial charge in [-0.15, -0.1) is 0 Å². The van der Waals surface area contributed by atoms with Gasteiger partial charge < -0.3 is 15.4 Å². The third-order valence-corrected chi connectivity index (χ3v) is 7.53. The fraction of sp³-hybridized carbons (Fsp3) is 0.206. The molecule has 41 heavy (non-hydrogen) atoms. The van der Waals surface area contributed by atoms with Crippen LogP contribution < -0.4 is 5.32 Å². The van der Waals surface area contributed by atoms with Gasteiger partial charge in [0.15, 0.2) is 0 Å². The number of hydrogen-bond donors (Lipinski definition) is 3. The molecule has 0 aliphatic rings. The highest BCUT2D eigenvalue weighted by Gasteiger charge is 2.22. The topological polar surface area (TPSA) is 95.1 Å². The second kappa shape index (κ2) is 12.0. The summed E-state index contributed by atoms with van der Waals surface area (Å²) in [5.41, 5.74) is 5.97. The number of aromatic carboxylic acids is 1. The fourth-order valence-electron chi connectivity index (χ4n) is 5.09. The van der Waals surface area contributed by atoms with Gasteiger partial charge in [0, 0.05) is 16.1 Å². The lowest BCUT2D eigenvalue weighted by Gasteiger charge is -2.19. The number of nitrogens with one attached hydrogen (secondary N) is 2. The molecule has 1 heterocycles. The Morgan fingerprint density at radius 1 is 0.902 bits per heavy atom. The third kappa shape index (κ3) is 6.03. The third-order valence-electron chi connectivity index (χ3n) is 7.30. The van der Waals surface area contributed by atoms with Gasteiger partial charge in [-0.3, -0.25) is 4.79 Å². The Morgan fingerprint density at radius 2 is 1.66 bits per heavy atom. The number of H-pyrrole nitrogens is 1. The zero-order chi connectivity index (χ0) is 29.1. The van der Waals surface area contributed by atoms with Gasteiger partial charge >= 0.3 is 5.97 Å². The van der Waals surface area contributed by atoms with Gasteiger partial charge in [0.05, 0.1) is 22.6 Å². The highest BCUT2D eigenvalue weighted by molar-refractivity contribution is 6.31. The molecule has 4 aromatic carbocycles. The Labute approximate surface area is 244 Å². The van der Waals surface area contributed by atoms with E-state index in [0.717, 1.165) is 29.4 Å². The number of amides is 1. The summed E-state index contributed by atoms with van der Waals surface area (Å²) in [5, 5.41) is 13.8. The number of imidazole rings is 1. The Hall–Kier alpha value is -4.42. The first-order chi connectivity index (χ1) is 19.7. The molecule has 0 saturated carbocycles. The SMILES string of the molecule is CCCC(NC(=O)c1ccc(-c2cc(Cl)ccc2-c2nc3ccc(C(C)C)cc3[nH]2)c(C(=O)O)c1)c1ccccc1. The van der Waals surface area contributed by atoms with E-state index in [0.29, 0.717) is 33.5 Å². The van der Waals surface area contributed by atoms with Crippen molar-refractivity contribution in [1.29, 1.82) is 0 Å². The van der Waals surface area contributed by atoms with Crippen molar-refractivity contribution >= 4 is 34.5 Å². The van der Waals surface area contributed by atoms with Crippen molar-refractivity contribution in [3.05, 3.63) is 112 Å². The van der Waals surface area contributed by atoms with E-state index in [4.69, 9.17) is 16.6 Å². The smallest absolute Gasteiger partial charge is 0.336 e. The van der Waals surface area contributed by atoms with Gasteiger partial charge in [0.25, 0.3) is 5.91 Å². The van der Waals surface area contributed by atoms with Crippen molar-refractivity contribution in [2.45, 2.75) is 45.6 Å². The van der Waals surface area contributed by atoms with Gasteiger partial charge in [0.2, 0.25) is 0 Å². The Bertz CT molecular complexity index is 1730. The van der Waals surface area contributed by atoms with E-state index in [1.54, 1.807) is 24.3 Å². The Balaban J connectivity index is 1.54. The summed E-state index contributed by atoms with van der Waals surface area (Å²) in [7, 11) is 0. The molecule has 1 amide bonds. The molecule has 0 spiro atoms. The molecule has 0 fully saturated rings. The number of carbonyl (C=O) groups is 2. The first-order valence-corrected chi connectivity index (χ1v) is 14.2. The normalized spacial score (nSPS) is 12.0. The minimum Gasteiger partial charge on any atom is -0.478 e. The number of carbonyl (C=O) groups excluding carboxylic acids is 1. The molecule has 6 nitrogen and oxygen atoms in total. The molecule has 0 saturated heterocycles. The van der Waals surface area contributed by atoms with Crippen LogP contribution in [0.3, 0.4) is 0 Å². The lowest BCUT2D eigenvalue weighted by atomic mass is 9.93. The number of hydrogen-bond acceptors (Lipinski definition) is 3. The maximum Gasteiger partial charge on any atom is 0.336 e. The predicted molar refractivity (Wildman–Crippen MR) is 165 cm³/mol. The molecule has 1 atom stereocenters. The molecule has 3 N–H and O–H groups in total. The minimum absolute atomic E-state index is 0.00567. The van der Waals surface area contributed by atoms with Crippen LogP contribution in [0, 0.1) is 0 Å². The highest BCUT2D eigenvalue weighted by Crippen LogP contribution is 2.36. The zero-order valence-corrected chi connectivity index (χ0v) is 24.0. The van der Waals surface area contributed by atoms with Crippen LogP contribution in [-0.2, 0) is 0 Å². The van der Waals surface area contributed by atoms with Crippen LogP contribution in [0.1, 0.15) is 77.4 Å². The number of benzene rings is 4. The first kappa shape index (κ1) is 28.1. The number of carboxylic acids is 1. The maximum atomic E-state index is 13.3. The van der Waals surface area contributed by atoms with Crippen LogP contribution >= 0.6 is 11.6 Å². The molecule has 0 aliphatic carbocycles. The van der Waals surface area contributed by atoms with Crippen molar-refractivity contribution < 1.29 is 14.7 Å². The summed E-state index contributed by atoms with van der Waals surface area (Å²) >= 11 is 6.41. The summed E-state index contributed by atoms with van der Waals surface area (Å²) in [5.74, 6) is -0.488. The van der Waals surface area contributed by atoms with E-state index < -0.39 is 5.97 Å².